The monoisotopic (exact) mass is 372 g/mol. The first-order valence-electron chi connectivity index (χ1n) is 10.2. The molecule has 0 aliphatic carbocycles. The lowest BCUT2D eigenvalue weighted by atomic mass is 9.68. The molecule has 2 aliphatic rings. The van der Waals surface area contributed by atoms with E-state index in [9.17, 15) is 0 Å². The highest BCUT2D eigenvalue weighted by Gasteiger charge is 2.45. The van der Waals surface area contributed by atoms with Gasteiger partial charge in [0.2, 0.25) is 0 Å². The van der Waals surface area contributed by atoms with Crippen LogP contribution in [0, 0.1) is 34.5 Å². The van der Waals surface area contributed by atoms with Crippen LogP contribution in [0.25, 0.3) is 0 Å². The Hall–Kier alpha value is -0.160. The minimum atomic E-state index is -0.0296. The minimum Gasteiger partial charge on any atom is -0.356 e. The van der Waals surface area contributed by atoms with Gasteiger partial charge in [-0.25, -0.2) is 0 Å². The van der Waals surface area contributed by atoms with Gasteiger partial charge in [0.15, 0.2) is 12.6 Å². The van der Waals surface area contributed by atoms with Gasteiger partial charge in [-0.15, -0.1) is 0 Å². The number of methoxy groups -OCH3 is 2. The molecule has 8 atom stereocenters. The van der Waals surface area contributed by atoms with Crippen LogP contribution in [0.2, 0.25) is 0 Å². The second-order valence-corrected chi connectivity index (χ2v) is 9.70. The zero-order chi connectivity index (χ0) is 20.4. The number of hydrogen-bond donors (Lipinski definition) is 0. The molecule has 0 bridgehead atoms. The number of ether oxygens (including phenoxy) is 4. The Balaban J connectivity index is 0.000000260. The van der Waals surface area contributed by atoms with Gasteiger partial charge in [-0.2, -0.15) is 0 Å². The highest BCUT2D eigenvalue weighted by atomic mass is 16.7. The predicted octanol–water partition coefficient (Wildman–Crippen LogP) is 5.35. The van der Waals surface area contributed by atoms with Gasteiger partial charge in [-0.3, -0.25) is 0 Å². The van der Waals surface area contributed by atoms with E-state index in [0.717, 1.165) is 0 Å². The second-order valence-electron chi connectivity index (χ2n) is 9.70. The fourth-order valence-corrected chi connectivity index (χ4v) is 4.11. The molecule has 0 saturated carbocycles. The van der Waals surface area contributed by atoms with Crippen molar-refractivity contribution in [2.75, 3.05) is 14.2 Å². The molecular formula is C22H44O4. The lowest BCUT2D eigenvalue weighted by molar-refractivity contribution is -0.255. The molecule has 0 aromatic heterocycles. The van der Waals surface area contributed by atoms with Crippen molar-refractivity contribution in [3.05, 3.63) is 0 Å². The van der Waals surface area contributed by atoms with E-state index in [2.05, 4.69) is 69.2 Å². The molecule has 4 nitrogen and oxygen atoms in total. The Morgan fingerprint density at radius 2 is 0.846 bits per heavy atom. The van der Waals surface area contributed by atoms with E-state index in [1.807, 2.05) is 0 Å². The highest BCUT2D eigenvalue weighted by Crippen LogP contribution is 2.44. The molecule has 156 valence electrons. The van der Waals surface area contributed by atoms with E-state index in [1.54, 1.807) is 14.2 Å². The van der Waals surface area contributed by atoms with Crippen LogP contribution < -0.4 is 0 Å². The summed E-state index contributed by atoms with van der Waals surface area (Å²) in [5, 5.41) is 0. The molecule has 2 fully saturated rings. The van der Waals surface area contributed by atoms with Crippen molar-refractivity contribution in [1.82, 2.24) is 0 Å². The Morgan fingerprint density at radius 3 is 1.08 bits per heavy atom. The van der Waals surface area contributed by atoms with Crippen molar-refractivity contribution in [2.24, 2.45) is 34.5 Å². The van der Waals surface area contributed by atoms with Gasteiger partial charge >= 0.3 is 0 Å². The van der Waals surface area contributed by atoms with E-state index < -0.39 is 0 Å². The minimum absolute atomic E-state index is 0.0296. The Bertz CT molecular complexity index is 394. The van der Waals surface area contributed by atoms with Crippen LogP contribution in [0.3, 0.4) is 0 Å². The van der Waals surface area contributed by atoms with Gasteiger partial charge in [0.05, 0.1) is 12.2 Å². The van der Waals surface area contributed by atoms with E-state index in [4.69, 9.17) is 18.9 Å². The average molecular weight is 373 g/mol. The molecule has 0 aromatic rings. The second kappa shape index (κ2) is 8.89. The van der Waals surface area contributed by atoms with E-state index in [-0.39, 0.29) is 35.6 Å². The topological polar surface area (TPSA) is 36.9 Å². The van der Waals surface area contributed by atoms with Crippen LogP contribution in [0.1, 0.15) is 69.2 Å². The van der Waals surface area contributed by atoms with Crippen LogP contribution in [0.15, 0.2) is 0 Å². The van der Waals surface area contributed by atoms with E-state index in [1.165, 1.54) is 0 Å². The fraction of sp³-hybridized carbons (Fsp3) is 1.00. The average Bonchev–Trinajstić information content (AvgIpc) is 2.59. The normalized spacial score (nSPS) is 44.8. The lowest BCUT2D eigenvalue weighted by Crippen LogP contribution is -2.50. The van der Waals surface area contributed by atoms with E-state index in [0.29, 0.717) is 23.7 Å². The quantitative estimate of drug-likeness (QED) is 0.654. The van der Waals surface area contributed by atoms with Crippen molar-refractivity contribution < 1.29 is 18.9 Å². The predicted molar refractivity (Wildman–Crippen MR) is 107 cm³/mol. The Kier molecular flexibility index (Phi) is 8.17. The smallest absolute Gasteiger partial charge is 0.160 e. The third-order valence-electron chi connectivity index (χ3n) is 8.02. The van der Waals surface area contributed by atoms with Crippen LogP contribution in [-0.4, -0.2) is 39.0 Å². The van der Waals surface area contributed by atoms with Crippen molar-refractivity contribution in [2.45, 2.75) is 94.0 Å². The molecule has 4 heteroatoms. The SMILES string of the molecule is COC1OC(C)C(C)(C)C(C)C1C.COC1OC(C)C(C)(C)C(C)C1C. The molecule has 2 saturated heterocycles. The lowest BCUT2D eigenvalue weighted by Gasteiger charge is -2.48. The summed E-state index contributed by atoms with van der Waals surface area (Å²) in [6, 6.07) is 0. The summed E-state index contributed by atoms with van der Waals surface area (Å²) in [4.78, 5) is 0. The molecule has 0 amide bonds. The first-order chi connectivity index (χ1) is 11.8. The molecule has 0 N–H and O–H groups in total. The van der Waals surface area contributed by atoms with Gasteiger partial charge in [0, 0.05) is 26.1 Å². The highest BCUT2D eigenvalue weighted by molar-refractivity contribution is 4.90. The molecule has 26 heavy (non-hydrogen) atoms. The summed E-state index contributed by atoms with van der Waals surface area (Å²) in [7, 11) is 3.44. The summed E-state index contributed by atoms with van der Waals surface area (Å²) < 4.78 is 22.3. The zero-order valence-corrected chi connectivity index (χ0v) is 19.3. The van der Waals surface area contributed by atoms with Crippen LogP contribution in [0.5, 0.6) is 0 Å². The molecule has 0 spiro atoms. The van der Waals surface area contributed by atoms with Crippen molar-refractivity contribution in [1.29, 1.82) is 0 Å². The van der Waals surface area contributed by atoms with Crippen molar-refractivity contribution in [3.8, 4) is 0 Å². The molecule has 0 radical (unpaired) electrons. The summed E-state index contributed by atoms with van der Waals surface area (Å²) in [5.41, 5.74) is 0.489. The molecule has 2 rings (SSSR count). The number of rotatable bonds is 2. The van der Waals surface area contributed by atoms with Gasteiger partial charge in [-0.05, 0) is 36.5 Å². The van der Waals surface area contributed by atoms with Crippen molar-refractivity contribution >= 4 is 0 Å². The van der Waals surface area contributed by atoms with Crippen molar-refractivity contribution in [3.63, 3.8) is 0 Å². The maximum absolute atomic E-state index is 5.81. The molecule has 8 unspecified atom stereocenters. The zero-order valence-electron chi connectivity index (χ0n) is 19.3. The summed E-state index contributed by atoms with van der Waals surface area (Å²) in [6.45, 7) is 22.3. The number of hydrogen-bond acceptors (Lipinski definition) is 4. The maximum atomic E-state index is 5.81. The summed E-state index contributed by atoms with van der Waals surface area (Å²) in [6.07, 6.45) is 0.475. The Labute approximate surface area is 162 Å². The van der Waals surface area contributed by atoms with Gasteiger partial charge in [0.25, 0.3) is 0 Å². The first-order valence-corrected chi connectivity index (χ1v) is 10.2. The molecule has 2 aliphatic heterocycles. The maximum Gasteiger partial charge on any atom is 0.160 e. The van der Waals surface area contributed by atoms with Crippen LogP contribution in [0.4, 0.5) is 0 Å². The third-order valence-corrected chi connectivity index (χ3v) is 8.02. The molecular weight excluding hydrogens is 328 g/mol. The van der Waals surface area contributed by atoms with Gasteiger partial charge in [0.1, 0.15) is 0 Å². The van der Waals surface area contributed by atoms with Crippen LogP contribution >= 0.6 is 0 Å². The van der Waals surface area contributed by atoms with Gasteiger partial charge < -0.3 is 18.9 Å². The third kappa shape index (κ3) is 4.63. The first kappa shape index (κ1) is 23.9. The fourth-order valence-electron chi connectivity index (χ4n) is 4.11. The van der Waals surface area contributed by atoms with E-state index >= 15 is 0 Å². The van der Waals surface area contributed by atoms with Gasteiger partial charge in [-0.1, -0.05) is 55.4 Å². The largest absolute Gasteiger partial charge is 0.356 e. The molecule has 0 aromatic carbocycles. The summed E-state index contributed by atoms with van der Waals surface area (Å²) in [5.74, 6) is 2.19. The van der Waals surface area contributed by atoms with Crippen LogP contribution in [-0.2, 0) is 18.9 Å². The molecule has 2 heterocycles. The Morgan fingerprint density at radius 1 is 0.577 bits per heavy atom. The standard InChI is InChI=1S/2C11H22O2/c2*1-7-8(2)11(4,5)9(3)13-10(7)12-6/h2*7-10H,1-6H3. The summed E-state index contributed by atoms with van der Waals surface area (Å²) >= 11 is 0.